The van der Waals surface area contributed by atoms with Gasteiger partial charge in [-0.05, 0) is 6.42 Å². The number of carbonyl (C=O) groups excluding carboxylic acids is 5. The molecule has 13 heteroatoms. The van der Waals surface area contributed by atoms with Crippen LogP contribution in [0.4, 0.5) is 0 Å². The number of unbranched alkanes of at least 4 members (excludes halogenated alkanes) is 1. The van der Waals surface area contributed by atoms with Crippen LogP contribution >= 0.6 is 0 Å². The van der Waals surface area contributed by atoms with Crippen molar-refractivity contribution in [3.63, 3.8) is 0 Å². The van der Waals surface area contributed by atoms with Crippen molar-refractivity contribution in [2.75, 3.05) is 87.3 Å². The van der Waals surface area contributed by atoms with E-state index in [4.69, 9.17) is 9.47 Å². The standard InChI is InChI=1S/C21H37N4O8.Y/c1-6-7-8-22(2)18(27)13-24(15-20(29)32-4)11-9-23(14-19(28)31-3)10-12-25(17-26)16-21(30)33-5;/h6-16H2,1-5H3;/q-1;. The van der Waals surface area contributed by atoms with E-state index in [9.17, 15) is 24.0 Å². The monoisotopic (exact) mass is 562 g/mol. The van der Waals surface area contributed by atoms with Gasteiger partial charge in [0.2, 0.25) is 5.91 Å². The molecule has 0 aliphatic rings. The van der Waals surface area contributed by atoms with Crippen molar-refractivity contribution in [2.24, 2.45) is 0 Å². The van der Waals surface area contributed by atoms with Crippen molar-refractivity contribution >= 4 is 30.2 Å². The number of hydrogen-bond donors (Lipinski definition) is 0. The third kappa shape index (κ3) is 16.1. The molecule has 0 unspecified atom stereocenters. The van der Waals surface area contributed by atoms with Gasteiger partial charge >= 0.3 is 17.9 Å². The largest absolute Gasteiger partial charge is 0.520 e. The summed E-state index contributed by atoms with van der Waals surface area (Å²) in [6, 6.07) is 0. The minimum atomic E-state index is -0.590. The van der Waals surface area contributed by atoms with Crippen molar-refractivity contribution in [3.8, 4) is 0 Å². The molecule has 0 atom stereocenters. The molecule has 0 aromatic carbocycles. The summed E-state index contributed by atoms with van der Waals surface area (Å²) < 4.78 is 14.0. The van der Waals surface area contributed by atoms with Gasteiger partial charge in [-0.25, -0.2) is 0 Å². The average molecular weight is 562 g/mol. The first-order chi connectivity index (χ1) is 15.7. The van der Waals surface area contributed by atoms with E-state index in [1.54, 1.807) is 28.2 Å². The van der Waals surface area contributed by atoms with Crippen LogP contribution in [0.25, 0.3) is 0 Å². The van der Waals surface area contributed by atoms with Gasteiger partial charge in [0.1, 0.15) is 0 Å². The van der Waals surface area contributed by atoms with E-state index in [2.05, 4.69) is 4.74 Å². The Labute approximate surface area is 227 Å². The summed E-state index contributed by atoms with van der Waals surface area (Å²) in [6.45, 7) is 3.16. The average Bonchev–Trinajstić information content (AvgIpc) is 2.81. The normalized spacial score (nSPS) is 10.3. The number of esters is 3. The first-order valence-electron chi connectivity index (χ1n) is 10.7. The Morgan fingerprint density at radius 2 is 1.18 bits per heavy atom. The first kappa shape index (κ1) is 34.5. The summed E-state index contributed by atoms with van der Waals surface area (Å²) in [4.78, 5) is 64.8. The van der Waals surface area contributed by atoms with Gasteiger partial charge in [-0.1, -0.05) is 13.3 Å². The number of amides is 2. The van der Waals surface area contributed by atoms with E-state index in [0.29, 0.717) is 13.1 Å². The number of methoxy groups -OCH3 is 3. The molecule has 0 aliphatic heterocycles. The fourth-order valence-electron chi connectivity index (χ4n) is 2.73. The fraction of sp³-hybridized carbons (Fsp3) is 0.762. The number of nitrogens with zero attached hydrogens (tertiary/aromatic N) is 4. The van der Waals surface area contributed by atoms with Crippen LogP contribution in [0, 0.1) is 0 Å². The van der Waals surface area contributed by atoms with Gasteiger partial charge in [0.05, 0.1) is 47.5 Å². The number of likely N-dealkylation sites (N-methyl/N-ethyl adjacent to an activating group) is 1. The van der Waals surface area contributed by atoms with E-state index in [1.807, 2.05) is 6.92 Å². The van der Waals surface area contributed by atoms with Crippen LogP contribution in [0.1, 0.15) is 19.8 Å². The molecule has 0 saturated heterocycles. The van der Waals surface area contributed by atoms with Gasteiger partial charge < -0.3 is 28.8 Å². The van der Waals surface area contributed by atoms with Crippen molar-refractivity contribution in [3.05, 3.63) is 0 Å². The van der Waals surface area contributed by atoms with E-state index >= 15 is 0 Å². The third-order valence-electron chi connectivity index (χ3n) is 4.89. The second-order valence-corrected chi connectivity index (χ2v) is 7.40. The molecule has 0 bridgehead atoms. The maximum atomic E-state index is 12.5. The molecule has 2 amide bonds. The van der Waals surface area contributed by atoms with Gasteiger partial charge in [-0.15, -0.1) is 0 Å². The molecule has 0 aromatic rings. The fourth-order valence-corrected chi connectivity index (χ4v) is 2.73. The summed E-state index contributed by atoms with van der Waals surface area (Å²) in [7, 11) is 5.46. The van der Waals surface area contributed by atoms with Crippen molar-refractivity contribution < 1.29 is 70.9 Å². The summed E-state index contributed by atoms with van der Waals surface area (Å²) in [6.07, 6.45) is 3.49. The molecule has 0 heterocycles. The van der Waals surface area contributed by atoms with Crippen LogP contribution in [0.15, 0.2) is 0 Å². The zero-order chi connectivity index (χ0) is 25.2. The molecule has 0 fully saturated rings. The molecular formula is C21H37N4O8Y-. The Bertz CT molecular complexity index is 638. The van der Waals surface area contributed by atoms with E-state index in [0.717, 1.165) is 17.7 Å². The minimum absolute atomic E-state index is 0. The van der Waals surface area contributed by atoms with Gasteiger partial charge in [-0.2, -0.15) is 6.41 Å². The quantitative estimate of drug-likeness (QED) is 0.0865. The van der Waals surface area contributed by atoms with Crippen molar-refractivity contribution in [1.29, 1.82) is 0 Å². The molecule has 0 aromatic heterocycles. The van der Waals surface area contributed by atoms with Crippen LogP contribution in [0.2, 0.25) is 0 Å². The predicted molar refractivity (Wildman–Crippen MR) is 119 cm³/mol. The number of carbonyl (C=O) groups is 4. The molecule has 34 heavy (non-hydrogen) atoms. The Morgan fingerprint density at radius 1 is 0.706 bits per heavy atom. The number of hydrogen-bond acceptors (Lipinski definition) is 10. The molecular weight excluding hydrogens is 525 g/mol. The molecule has 1 radical (unpaired) electrons. The second-order valence-electron chi connectivity index (χ2n) is 7.40. The smallest absolute Gasteiger partial charge is 0.322 e. The number of ether oxygens (including phenoxy) is 3. The number of rotatable bonds is 18. The summed E-state index contributed by atoms with van der Waals surface area (Å²) in [5.74, 6) is -1.70. The van der Waals surface area contributed by atoms with Crippen LogP contribution in [-0.2, 0) is 70.9 Å². The SMILES string of the molecule is CCCCN(C)C(=O)CN(CCN(CCN([C-]=O)CC(=O)OC)CC(=O)OC)CC(=O)OC.[Y]. The van der Waals surface area contributed by atoms with Crippen LogP contribution < -0.4 is 0 Å². The topological polar surface area (TPSA) is 126 Å². The zero-order valence-electron chi connectivity index (χ0n) is 20.9. The van der Waals surface area contributed by atoms with Gasteiger partial charge in [-0.3, -0.25) is 29.0 Å². The van der Waals surface area contributed by atoms with Crippen molar-refractivity contribution in [2.45, 2.75) is 19.8 Å². The van der Waals surface area contributed by atoms with Crippen LogP contribution in [-0.4, -0.2) is 137 Å². The molecule has 0 aliphatic carbocycles. The van der Waals surface area contributed by atoms with Crippen molar-refractivity contribution in [1.82, 2.24) is 19.6 Å². The van der Waals surface area contributed by atoms with E-state index in [-0.39, 0.29) is 84.4 Å². The molecule has 0 spiro atoms. The summed E-state index contributed by atoms with van der Waals surface area (Å²) in [5, 5.41) is 0. The van der Waals surface area contributed by atoms with Crippen LogP contribution in [0.5, 0.6) is 0 Å². The second kappa shape index (κ2) is 20.7. The summed E-state index contributed by atoms with van der Waals surface area (Å²) in [5.41, 5.74) is 0. The Kier molecular flexibility index (Phi) is 21.1. The molecule has 193 valence electrons. The molecule has 0 saturated carbocycles. The molecule has 12 nitrogen and oxygen atoms in total. The Morgan fingerprint density at radius 3 is 1.68 bits per heavy atom. The van der Waals surface area contributed by atoms with Gasteiger partial charge in [0.15, 0.2) is 0 Å². The maximum Gasteiger partial charge on any atom is 0.322 e. The van der Waals surface area contributed by atoms with Gasteiger partial charge in [0, 0.05) is 72.5 Å². The van der Waals surface area contributed by atoms with Crippen LogP contribution in [0.3, 0.4) is 0 Å². The molecule has 0 N–H and O–H groups in total. The van der Waals surface area contributed by atoms with Gasteiger partial charge in [0.25, 0.3) is 0 Å². The Balaban J connectivity index is 0. The zero-order valence-corrected chi connectivity index (χ0v) is 23.7. The maximum absolute atomic E-state index is 12.5. The minimum Gasteiger partial charge on any atom is -0.520 e. The first-order valence-corrected chi connectivity index (χ1v) is 10.7. The van der Waals surface area contributed by atoms with E-state index in [1.165, 1.54) is 21.3 Å². The predicted octanol–water partition coefficient (Wildman–Crippen LogP) is -1.27. The summed E-state index contributed by atoms with van der Waals surface area (Å²) >= 11 is 0. The molecule has 0 rings (SSSR count). The third-order valence-corrected chi connectivity index (χ3v) is 4.89. The van der Waals surface area contributed by atoms with E-state index < -0.39 is 17.9 Å². The Hall–Kier alpha value is -1.63.